The summed E-state index contributed by atoms with van der Waals surface area (Å²) in [5.41, 5.74) is 0.480. The van der Waals surface area contributed by atoms with Crippen LogP contribution in [0.3, 0.4) is 0 Å². The van der Waals surface area contributed by atoms with Gasteiger partial charge in [0.25, 0.3) is 11.8 Å². The zero-order valence-corrected chi connectivity index (χ0v) is 15.1. The highest BCUT2D eigenvalue weighted by Gasteiger charge is 2.16. The van der Waals surface area contributed by atoms with Crippen LogP contribution in [0, 0.1) is 0 Å². The van der Waals surface area contributed by atoms with Crippen molar-refractivity contribution in [2.75, 3.05) is 5.32 Å². The number of hydrogen-bond acceptors (Lipinski definition) is 5. The lowest BCUT2D eigenvalue weighted by atomic mass is 10.2. The lowest BCUT2D eigenvalue weighted by Crippen LogP contribution is -2.30. The first kappa shape index (κ1) is 17.1. The summed E-state index contributed by atoms with van der Waals surface area (Å²) in [6.45, 7) is 0. The van der Waals surface area contributed by atoms with Crippen molar-refractivity contribution in [1.29, 1.82) is 0 Å². The van der Waals surface area contributed by atoms with E-state index < -0.39 is 11.8 Å². The van der Waals surface area contributed by atoms with E-state index in [-0.39, 0.29) is 5.70 Å². The zero-order chi connectivity index (χ0) is 17.6. The lowest BCUT2D eigenvalue weighted by molar-refractivity contribution is -0.113. The molecule has 0 saturated carbocycles. The zero-order valence-electron chi connectivity index (χ0n) is 12.7. The normalized spacial score (nSPS) is 11.2. The standard InChI is InChI=1S/C17H12BrN3O3S/c18-12-5-3-11(4-6-12)15(22)20-14(10-13-2-1-8-24-13)16(23)21-17-19-7-9-25-17/h1-10H,(H,20,22)(H,19,21,23)/b14-10-. The maximum absolute atomic E-state index is 12.5. The molecule has 6 nitrogen and oxygen atoms in total. The fourth-order valence-corrected chi connectivity index (χ4v) is 2.71. The Morgan fingerprint density at radius 1 is 1.20 bits per heavy atom. The Morgan fingerprint density at radius 2 is 2.00 bits per heavy atom. The summed E-state index contributed by atoms with van der Waals surface area (Å²) in [5.74, 6) is -0.447. The van der Waals surface area contributed by atoms with E-state index in [0.717, 1.165) is 4.47 Å². The SMILES string of the molecule is O=C(Nc1nccs1)/C(=C/c1ccco1)NC(=O)c1ccc(Br)cc1. The molecule has 1 aromatic carbocycles. The number of nitrogens with zero attached hydrogens (tertiary/aromatic N) is 1. The molecule has 3 rings (SSSR count). The Balaban J connectivity index is 1.82. The second kappa shape index (κ2) is 7.91. The molecule has 3 aromatic rings. The molecule has 2 aromatic heterocycles. The average molecular weight is 418 g/mol. The number of thiazole rings is 1. The highest BCUT2D eigenvalue weighted by Crippen LogP contribution is 2.14. The molecular weight excluding hydrogens is 406 g/mol. The summed E-state index contributed by atoms with van der Waals surface area (Å²) >= 11 is 4.60. The van der Waals surface area contributed by atoms with Gasteiger partial charge in [0.15, 0.2) is 5.13 Å². The molecule has 25 heavy (non-hydrogen) atoms. The highest BCUT2D eigenvalue weighted by molar-refractivity contribution is 9.10. The summed E-state index contributed by atoms with van der Waals surface area (Å²) in [4.78, 5) is 28.9. The molecule has 0 spiro atoms. The number of carbonyl (C=O) groups is 2. The molecule has 0 aliphatic rings. The Kier molecular flexibility index (Phi) is 5.42. The number of aromatic nitrogens is 1. The number of rotatable bonds is 5. The minimum atomic E-state index is -0.489. The molecule has 0 radical (unpaired) electrons. The summed E-state index contributed by atoms with van der Waals surface area (Å²) in [6, 6.07) is 10.2. The minimum Gasteiger partial charge on any atom is -0.465 e. The fourth-order valence-electron chi connectivity index (χ4n) is 1.92. The van der Waals surface area contributed by atoms with Crippen LogP contribution in [0.2, 0.25) is 0 Å². The van der Waals surface area contributed by atoms with Crippen LogP contribution in [0.5, 0.6) is 0 Å². The Morgan fingerprint density at radius 3 is 2.64 bits per heavy atom. The second-order valence-corrected chi connectivity index (χ2v) is 6.64. The van der Waals surface area contributed by atoms with E-state index >= 15 is 0 Å². The van der Waals surface area contributed by atoms with E-state index in [1.807, 2.05) is 0 Å². The summed E-state index contributed by atoms with van der Waals surface area (Å²) in [6.07, 6.45) is 4.52. The molecule has 8 heteroatoms. The van der Waals surface area contributed by atoms with Gasteiger partial charge in [-0.05, 0) is 36.4 Å². The van der Waals surface area contributed by atoms with Crippen molar-refractivity contribution in [3.05, 3.63) is 75.7 Å². The van der Waals surface area contributed by atoms with Gasteiger partial charge in [-0.25, -0.2) is 4.98 Å². The van der Waals surface area contributed by atoms with E-state index in [1.165, 1.54) is 23.7 Å². The van der Waals surface area contributed by atoms with Crippen molar-refractivity contribution in [3.8, 4) is 0 Å². The van der Waals surface area contributed by atoms with E-state index in [0.29, 0.717) is 16.5 Å². The summed E-state index contributed by atoms with van der Waals surface area (Å²) < 4.78 is 6.08. The van der Waals surface area contributed by atoms with Crippen molar-refractivity contribution in [1.82, 2.24) is 10.3 Å². The first-order chi connectivity index (χ1) is 12.1. The number of halogens is 1. The minimum absolute atomic E-state index is 0.0538. The van der Waals surface area contributed by atoms with E-state index in [1.54, 1.807) is 48.0 Å². The molecule has 126 valence electrons. The van der Waals surface area contributed by atoms with Crippen LogP contribution in [-0.4, -0.2) is 16.8 Å². The first-order valence-electron chi connectivity index (χ1n) is 7.15. The van der Waals surface area contributed by atoms with Gasteiger partial charge in [0.05, 0.1) is 6.26 Å². The molecule has 2 N–H and O–H groups in total. The third kappa shape index (κ3) is 4.65. The molecule has 2 heterocycles. The van der Waals surface area contributed by atoms with Gasteiger partial charge < -0.3 is 9.73 Å². The van der Waals surface area contributed by atoms with Crippen molar-refractivity contribution in [3.63, 3.8) is 0 Å². The molecular formula is C17H12BrN3O3S. The predicted octanol–water partition coefficient (Wildman–Crippen LogP) is 3.91. The lowest BCUT2D eigenvalue weighted by Gasteiger charge is -2.09. The van der Waals surface area contributed by atoms with Crippen LogP contribution in [0.25, 0.3) is 6.08 Å². The summed E-state index contributed by atoms with van der Waals surface area (Å²) in [7, 11) is 0. The van der Waals surface area contributed by atoms with Crippen LogP contribution >= 0.6 is 27.3 Å². The Bertz CT molecular complexity index is 888. The van der Waals surface area contributed by atoms with Gasteiger partial charge in [0.1, 0.15) is 11.5 Å². The predicted molar refractivity (Wildman–Crippen MR) is 99.0 cm³/mol. The van der Waals surface area contributed by atoms with Gasteiger partial charge in [-0.2, -0.15) is 0 Å². The number of hydrogen-bond donors (Lipinski definition) is 2. The van der Waals surface area contributed by atoms with E-state index in [4.69, 9.17) is 4.42 Å². The maximum Gasteiger partial charge on any atom is 0.274 e. The third-order valence-electron chi connectivity index (χ3n) is 3.08. The molecule has 0 aliphatic carbocycles. The number of carbonyl (C=O) groups excluding carboxylic acids is 2. The maximum atomic E-state index is 12.5. The number of amides is 2. The molecule has 2 amide bonds. The van der Waals surface area contributed by atoms with Crippen LogP contribution in [-0.2, 0) is 4.79 Å². The molecule has 0 fully saturated rings. The van der Waals surface area contributed by atoms with Crippen molar-refractivity contribution in [2.24, 2.45) is 0 Å². The van der Waals surface area contributed by atoms with Crippen molar-refractivity contribution < 1.29 is 14.0 Å². The van der Waals surface area contributed by atoms with Crippen LogP contribution < -0.4 is 10.6 Å². The topological polar surface area (TPSA) is 84.2 Å². The summed E-state index contributed by atoms with van der Waals surface area (Å²) in [5, 5.41) is 7.43. The Labute approximate surface area is 155 Å². The highest BCUT2D eigenvalue weighted by atomic mass is 79.9. The number of anilines is 1. The molecule has 0 saturated heterocycles. The first-order valence-corrected chi connectivity index (χ1v) is 8.82. The number of furan rings is 1. The fraction of sp³-hybridized carbons (Fsp3) is 0. The van der Waals surface area contributed by atoms with Gasteiger partial charge in [-0.15, -0.1) is 11.3 Å². The molecule has 0 atom stereocenters. The number of nitrogens with one attached hydrogen (secondary N) is 2. The van der Waals surface area contributed by atoms with Gasteiger partial charge in [0, 0.05) is 27.7 Å². The third-order valence-corrected chi connectivity index (χ3v) is 4.30. The Hall–Kier alpha value is -2.71. The average Bonchev–Trinajstić information content (AvgIpc) is 3.28. The smallest absolute Gasteiger partial charge is 0.274 e. The number of benzene rings is 1. The van der Waals surface area contributed by atoms with Gasteiger partial charge in [-0.3, -0.25) is 14.9 Å². The molecule has 0 bridgehead atoms. The van der Waals surface area contributed by atoms with Crippen molar-refractivity contribution >= 4 is 50.3 Å². The van der Waals surface area contributed by atoms with E-state index in [9.17, 15) is 9.59 Å². The molecule has 0 unspecified atom stereocenters. The second-order valence-electron chi connectivity index (χ2n) is 4.83. The van der Waals surface area contributed by atoms with Crippen LogP contribution in [0.4, 0.5) is 5.13 Å². The van der Waals surface area contributed by atoms with Gasteiger partial charge in [-0.1, -0.05) is 15.9 Å². The molecule has 0 aliphatic heterocycles. The van der Waals surface area contributed by atoms with Crippen LogP contribution in [0.15, 0.2) is 68.8 Å². The monoisotopic (exact) mass is 417 g/mol. The van der Waals surface area contributed by atoms with Gasteiger partial charge >= 0.3 is 0 Å². The largest absolute Gasteiger partial charge is 0.465 e. The van der Waals surface area contributed by atoms with Gasteiger partial charge in [0.2, 0.25) is 0 Å². The quantitative estimate of drug-likeness (QED) is 0.616. The van der Waals surface area contributed by atoms with Crippen molar-refractivity contribution in [2.45, 2.75) is 0 Å². The van der Waals surface area contributed by atoms with Crippen LogP contribution in [0.1, 0.15) is 16.1 Å². The van der Waals surface area contributed by atoms with E-state index in [2.05, 4.69) is 31.5 Å².